The zero-order chi connectivity index (χ0) is 19.6. The van der Waals surface area contributed by atoms with Crippen molar-refractivity contribution in [1.29, 1.82) is 0 Å². The Bertz CT molecular complexity index is 939. The quantitative estimate of drug-likeness (QED) is 0.697. The largest absolute Gasteiger partial charge is 0.408 e. The van der Waals surface area contributed by atoms with Crippen LogP contribution in [0.25, 0.3) is 11.5 Å². The molecular formula is C18H16F3N5O. The number of anilines is 1. The number of carbonyl (C=O) groups is 1. The molecule has 2 aromatic heterocycles. The summed E-state index contributed by atoms with van der Waals surface area (Å²) in [5.41, 5.74) is 0.662. The molecule has 0 saturated carbocycles. The average Bonchev–Trinajstić information content (AvgIpc) is 3.16. The molecule has 140 valence electrons. The van der Waals surface area contributed by atoms with Crippen molar-refractivity contribution in [3.05, 3.63) is 60.4 Å². The zero-order valence-electron chi connectivity index (χ0n) is 14.6. The summed E-state index contributed by atoms with van der Waals surface area (Å²) < 4.78 is 40.1. The van der Waals surface area contributed by atoms with E-state index in [9.17, 15) is 18.0 Å². The molecule has 0 aliphatic heterocycles. The molecule has 0 saturated heterocycles. The fourth-order valence-corrected chi connectivity index (χ4v) is 2.48. The van der Waals surface area contributed by atoms with Gasteiger partial charge in [-0.1, -0.05) is 24.3 Å². The number of benzene rings is 1. The van der Waals surface area contributed by atoms with Crippen molar-refractivity contribution in [3.63, 3.8) is 0 Å². The molecule has 3 rings (SSSR count). The van der Waals surface area contributed by atoms with Gasteiger partial charge in [0.1, 0.15) is 23.9 Å². The van der Waals surface area contributed by atoms with Crippen LogP contribution in [-0.4, -0.2) is 38.9 Å². The van der Waals surface area contributed by atoms with Gasteiger partial charge in [0.25, 0.3) is 5.91 Å². The Balaban J connectivity index is 1.94. The van der Waals surface area contributed by atoms with E-state index in [-0.39, 0.29) is 23.2 Å². The molecule has 0 aliphatic rings. The minimum Gasteiger partial charge on any atom is -0.300 e. The zero-order valence-corrected chi connectivity index (χ0v) is 14.6. The molecule has 1 aromatic carbocycles. The van der Waals surface area contributed by atoms with Gasteiger partial charge >= 0.3 is 6.18 Å². The van der Waals surface area contributed by atoms with Crippen molar-refractivity contribution in [1.82, 2.24) is 19.7 Å². The molecule has 0 radical (unpaired) electrons. The molecule has 0 aliphatic carbocycles. The van der Waals surface area contributed by atoms with Gasteiger partial charge in [-0.25, -0.2) is 4.98 Å². The molecule has 0 spiro atoms. The molecule has 9 heteroatoms. The first-order chi connectivity index (χ1) is 12.8. The van der Waals surface area contributed by atoms with Gasteiger partial charge in [-0.15, -0.1) is 10.2 Å². The number of hydrogen-bond donors (Lipinski definition) is 0. The Labute approximate surface area is 153 Å². The van der Waals surface area contributed by atoms with Crippen LogP contribution in [0, 0.1) is 0 Å². The Kier molecular flexibility index (Phi) is 4.93. The lowest BCUT2D eigenvalue weighted by Crippen LogP contribution is -2.27. The second-order valence-electron chi connectivity index (χ2n) is 5.89. The highest BCUT2D eigenvalue weighted by molar-refractivity contribution is 6.05. The van der Waals surface area contributed by atoms with E-state index >= 15 is 0 Å². The van der Waals surface area contributed by atoms with E-state index in [1.807, 2.05) is 0 Å². The summed E-state index contributed by atoms with van der Waals surface area (Å²) in [5.74, 6) is -0.0248. The number of amides is 1. The van der Waals surface area contributed by atoms with Crippen molar-refractivity contribution in [3.8, 4) is 11.5 Å². The Morgan fingerprint density at radius 1 is 1.11 bits per heavy atom. The van der Waals surface area contributed by atoms with E-state index in [1.165, 1.54) is 11.0 Å². The molecule has 27 heavy (non-hydrogen) atoms. The van der Waals surface area contributed by atoms with Crippen molar-refractivity contribution in [2.24, 2.45) is 0 Å². The number of rotatable bonds is 4. The van der Waals surface area contributed by atoms with Crippen LogP contribution in [0.3, 0.4) is 0 Å². The van der Waals surface area contributed by atoms with Gasteiger partial charge in [0.2, 0.25) is 0 Å². The number of aromatic nitrogens is 4. The summed E-state index contributed by atoms with van der Waals surface area (Å²) in [7, 11) is 1.55. The molecular weight excluding hydrogens is 359 g/mol. The summed E-state index contributed by atoms with van der Waals surface area (Å²) in [6, 6.07) is 11.5. The lowest BCUT2D eigenvalue weighted by molar-refractivity contribution is -0.162. The van der Waals surface area contributed by atoms with Gasteiger partial charge in [-0.05, 0) is 31.2 Å². The Hall–Kier alpha value is -3.23. The van der Waals surface area contributed by atoms with Crippen LogP contribution >= 0.6 is 0 Å². The SMILES string of the molecule is CC(n1cnnc1-c1cccc(N(C)C(=O)c2ccccc2)n1)C(F)(F)F. The summed E-state index contributed by atoms with van der Waals surface area (Å²) in [4.78, 5) is 18.2. The predicted molar refractivity (Wildman–Crippen MR) is 93.2 cm³/mol. The molecule has 1 atom stereocenters. The molecule has 0 bridgehead atoms. The van der Waals surface area contributed by atoms with E-state index in [1.54, 1.807) is 49.5 Å². The third-order valence-electron chi connectivity index (χ3n) is 4.10. The fraction of sp³-hybridized carbons (Fsp3) is 0.222. The van der Waals surface area contributed by atoms with Crippen LogP contribution in [0.2, 0.25) is 0 Å². The number of carbonyl (C=O) groups excluding carboxylic acids is 1. The molecule has 0 fully saturated rings. The van der Waals surface area contributed by atoms with Gasteiger partial charge < -0.3 is 4.57 Å². The van der Waals surface area contributed by atoms with Gasteiger partial charge in [0.15, 0.2) is 5.82 Å². The second-order valence-corrected chi connectivity index (χ2v) is 5.89. The Morgan fingerprint density at radius 3 is 2.48 bits per heavy atom. The van der Waals surface area contributed by atoms with E-state index in [2.05, 4.69) is 15.2 Å². The minimum atomic E-state index is -4.45. The topological polar surface area (TPSA) is 63.9 Å². The molecule has 6 nitrogen and oxygen atoms in total. The smallest absolute Gasteiger partial charge is 0.300 e. The summed E-state index contributed by atoms with van der Waals surface area (Å²) in [5, 5.41) is 7.35. The van der Waals surface area contributed by atoms with Crippen LogP contribution in [0.4, 0.5) is 19.0 Å². The van der Waals surface area contributed by atoms with Crippen molar-refractivity contribution in [2.45, 2.75) is 19.1 Å². The van der Waals surface area contributed by atoms with Gasteiger partial charge in [0, 0.05) is 12.6 Å². The highest BCUT2D eigenvalue weighted by Gasteiger charge is 2.38. The second kappa shape index (κ2) is 7.18. The summed E-state index contributed by atoms with van der Waals surface area (Å²) in [6.45, 7) is 1.02. The molecule has 2 heterocycles. The average molecular weight is 375 g/mol. The normalized spacial score (nSPS) is 12.6. The molecule has 3 aromatic rings. The summed E-state index contributed by atoms with van der Waals surface area (Å²) >= 11 is 0. The van der Waals surface area contributed by atoms with E-state index < -0.39 is 12.2 Å². The Morgan fingerprint density at radius 2 is 1.81 bits per heavy atom. The molecule has 1 amide bonds. The number of nitrogens with zero attached hydrogens (tertiary/aromatic N) is 5. The first-order valence-electron chi connectivity index (χ1n) is 8.06. The van der Waals surface area contributed by atoms with E-state index in [0.717, 1.165) is 17.8 Å². The van der Waals surface area contributed by atoms with Crippen LogP contribution in [0.5, 0.6) is 0 Å². The van der Waals surface area contributed by atoms with Crippen LogP contribution in [0.15, 0.2) is 54.9 Å². The maximum absolute atomic E-state index is 13.1. The number of halogens is 3. The van der Waals surface area contributed by atoms with Crippen LogP contribution in [-0.2, 0) is 0 Å². The monoisotopic (exact) mass is 375 g/mol. The van der Waals surface area contributed by atoms with Crippen molar-refractivity contribution < 1.29 is 18.0 Å². The first-order valence-corrected chi connectivity index (χ1v) is 8.06. The van der Waals surface area contributed by atoms with E-state index in [0.29, 0.717) is 5.56 Å². The molecule has 1 unspecified atom stereocenters. The highest BCUT2D eigenvalue weighted by Crippen LogP contribution is 2.32. The van der Waals surface area contributed by atoms with Crippen LogP contribution in [0.1, 0.15) is 23.3 Å². The maximum atomic E-state index is 13.1. The number of pyridine rings is 1. The number of hydrogen-bond acceptors (Lipinski definition) is 4. The van der Waals surface area contributed by atoms with Gasteiger partial charge in [-0.2, -0.15) is 13.2 Å². The predicted octanol–water partition coefficient (Wildman–Crippen LogP) is 3.74. The van der Waals surface area contributed by atoms with Crippen molar-refractivity contribution >= 4 is 11.7 Å². The van der Waals surface area contributed by atoms with Gasteiger partial charge in [0.05, 0.1) is 0 Å². The summed E-state index contributed by atoms with van der Waals surface area (Å²) in [6.07, 6.45) is -3.44. The maximum Gasteiger partial charge on any atom is 0.408 e. The lowest BCUT2D eigenvalue weighted by atomic mass is 10.2. The third kappa shape index (κ3) is 3.81. The standard InChI is InChI=1S/C18H16F3N5O/c1-12(18(19,20)21)26-11-22-24-16(26)14-9-6-10-15(23-14)25(2)17(27)13-7-4-3-5-8-13/h3-12H,1-2H3. The fourth-order valence-electron chi connectivity index (χ4n) is 2.48. The lowest BCUT2D eigenvalue weighted by Gasteiger charge is -2.19. The molecule has 0 N–H and O–H groups in total. The minimum absolute atomic E-state index is 0.0257. The third-order valence-corrected chi connectivity index (χ3v) is 4.10. The highest BCUT2D eigenvalue weighted by atomic mass is 19.4. The van der Waals surface area contributed by atoms with Crippen molar-refractivity contribution in [2.75, 3.05) is 11.9 Å². The number of alkyl halides is 3. The first kappa shape index (κ1) is 18.6. The van der Waals surface area contributed by atoms with E-state index in [4.69, 9.17) is 0 Å². The van der Waals surface area contributed by atoms with Gasteiger partial charge in [-0.3, -0.25) is 9.69 Å². The van der Waals surface area contributed by atoms with Crippen LogP contribution < -0.4 is 4.90 Å².